The number of hydrogen-bond acceptors (Lipinski definition) is 4. The molecule has 162 valence electrons. The van der Waals surface area contributed by atoms with Crippen LogP contribution in [0.5, 0.6) is 0 Å². The first kappa shape index (κ1) is 22.0. The second kappa shape index (κ2) is 8.60. The number of para-hydroxylation sites is 1. The first-order valence-electron chi connectivity index (χ1n) is 10.4. The maximum atomic E-state index is 13.5. The van der Waals surface area contributed by atoms with Crippen LogP contribution in [0.3, 0.4) is 0 Å². The Kier molecular flexibility index (Phi) is 6.31. The number of benzene rings is 1. The first-order chi connectivity index (χ1) is 14.2. The molecule has 3 N–H and O–H groups in total. The summed E-state index contributed by atoms with van der Waals surface area (Å²) in [7, 11) is 1.56. The van der Waals surface area contributed by atoms with Crippen LogP contribution in [-0.4, -0.2) is 53.5 Å². The van der Waals surface area contributed by atoms with Crippen molar-refractivity contribution in [3.8, 4) is 0 Å². The number of amides is 3. The molecule has 30 heavy (non-hydrogen) atoms. The summed E-state index contributed by atoms with van der Waals surface area (Å²) in [5.74, 6) is -2.51. The Bertz CT molecular complexity index is 861. The molecule has 0 aromatic heterocycles. The molecule has 6 atom stereocenters. The molecule has 0 saturated carbocycles. The van der Waals surface area contributed by atoms with Gasteiger partial charge < -0.3 is 20.6 Å². The highest BCUT2D eigenvalue weighted by atomic mass is 16.3. The zero-order valence-corrected chi connectivity index (χ0v) is 18.2. The van der Waals surface area contributed by atoms with E-state index in [1.807, 2.05) is 51.1 Å². The van der Waals surface area contributed by atoms with Crippen molar-refractivity contribution in [2.24, 2.45) is 23.7 Å². The molecule has 3 rings (SSSR count). The number of fused-ring (bicyclic) bond motifs is 1. The van der Waals surface area contributed by atoms with Crippen molar-refractivity contribution < 1.29 is 19.5 Å². The maximum absolute atomic E-state index is 13.5. The van der Waals surface area contributed by atoms with Crippen molar-refractivity contribution in [1.82, 2.24) is 10.2 Å². The molecule has 7 nitrogen and oxygen atoms in total. The lowest BCUT2D eigenvalue weighted by Gasteiger charge is -2.33. The Morgan fingerprint density at radius 1 is 1.17 bits per heavy atom. The molecular formula is C23H31N3O4. The average molecular weight is 414 g/mol. The number of aliphatic hydroxyl groups is 1. The second-order valence-electron chi connectivity index (χ2n) is 8.47. The van der Waals surface area contributed by atoms with Gasteiger partial charge in [-0.1, -0.05) is 37.3 Å². The molecule has 1 aromatic rings. The lowest BCUT2D eigenvalue weighted by Crippen LogP contribution is -2.49. The number of carbonyl (C=O) groups is 3. The Balaban J connectivity index is 2.02. The molecule has 2 aliphatic rings. The summed E-state index contributed by atoms with van der Waals surface area (Å²) in [6, 6.07) is 4.44. The highest BCUT2D eigenvalue weighted by Gasteiger charge is 2.57. The van der Waals surface area contributed by atoms with Crippen LogP contribution >= 0.6 is 0 Å². The van der Waals surface area contributed by atoms with E-state index in [0.717, 1.165) is 16.8 Å². The molecule has 0 spiro atoms. The minimum Gasteiger partial charge on any atom is -0.394 e. The van der Waals surface area contributed by atoms with Gasteiger partial charge in [0.05, 0.1) is 24.5 Å². The van der Waals surface area contributed by atoms with Crippen LogP contribution in [0.1, 0.15) is 25.0 Å². The van der Waals surface area contributed by atoms with Gasteiger partial charge in [0.15, 0.2) is 0 Å². The predicted octanol–water partition coefficient (Wildman–Crippen LogP) is 1.63. The average Bonchev–Trinajstić information content (AvgIpc) is 3.02. The zero-order chi connectivity index (χ0) is 22.2. The summed E-state index contributed by atoms with van der Waals surface area (Å²) < 4.78 is 0. The number of aliphatic hydroxyl groups excluding tert-OH is 1. The number of nitrogens with one attached hydrogen (secondary N) is 2. The van der Waals surface area contributed by atoms with E-state index in [4.69, 9.17) is 0 Å². The number of nitrogens with zero attached hydrogens (tertiary/aromatic N) is 1. The molecule has 0 unspecified atom stereocenters. The molecule has 7 heteroatoms. The summed E-state index contributed by atoms with van der Waals surface area (Å²) in [4.78, 5) is 41.0. The van der Waals surface area contributed by atoms with Gasteiger partial charge >= 0.3 is 0 Å². The number of carbonyl (C=O) groups excluding carboxylic acids is 3. The number of rotatable bonds is 5. The fraction of sp³-hybridized carbons (Fsp3) is 0.522. The molecule has 1 aromatic carbocycles. The Morgan fingerprint density at radius 2 is 1.80 bits per heavy atom. The quantitative estimate of drug-likeness (QED) is 0.639. The first-order valence-corrected chi connectivity index (χ1v) is 10.4. The highest BCUT2D eigenvalue weighted by Crippen LogP contribution is 2.45. The van der Waals surface area contributed by atoms with Crippen LogP contribution in [0.4, 0.5) is 5.69 Å². The topological polar surface area (TPSA) is 98.7 Å². The van der Waals surface area contributed by atoms with Gasteiger partial charge in [-0.15, -0.1) is 0 Å². The predicted molar refractivity (Wildman–Crippen MR) is 115 cm³/mol. The Labute approximate surface area is 177 Å². The van der Waals surface area contributed by atoms with E-state index >= 15 is 0 Å². The third-order valence-corrected chi connectivity index (χ3v) is 6.50. The van der Waals surface area contributed by atoms with Crippen LogP contribution in [-0.2, 0) is 14.4 Å². The number of anilines is 1. The molecule has 1 fully saturated rings. The van der Waals surface area contributed by atoms with Gasteiger partial charge in [0, 0.05) is 18.7 Å². The highest BCUT2D eigenvalue weighted by molar-refractivity contribution is 6.02. The maximum Gasteiger partial charge on any atom is 0.247 e. The summed E-state index contributed by atoms with van der Waals surface area (Å²) in [5.41, 5.74) is 2.59. The largest absolute Gasteiger partial charge is 0.394 e. The van der Waals surface area contributed by atoms with Crippen molar-refractivity contribution in [2.75, 3.05) is 19.0 Å². The number of allylic oxidation sites excluding steroid dienone is 1. The van der Waals surface area contributed by atoms with Crippen molar-refractivity contribution in [1.29, 1.82) is 0 Å². The van der Waals surface area contributed by atoms with Crippen molar-refractivity contribution in [2.45, 2.75) is 39.8 Å². The molecule has 0 radical (unpaired) electrons. The Hall–Kier alpha value is -2.67. The molecule has 1 heterocycles. The molecular weight excluding hydrogens is 382 g/mol. The third-order valence-electron chi connectivity index (χ3n) is 6.50. The summed E-state index contributed by atoms with van der Waals surface area (Å²) in [6.07, 6.45) is 3.81. The molecule has 1 saturated heterocycles. The van der Waals surface area contributed by atoms with E-state index in [2.05, 4.69) is 10.6 Å². The van der Waals surface area contributed by atoms with E-state index in [1.165, 1.54) is 4.90 Å². The standard InChI is InChI=1S/C23H31N3O4/c1-12-9-10-16-18(17(12)21(28)24-5)23(30)26(15(4)11-27)20(16)22(29)25-19-13(2)7-6-8-14(19)3/h6-10,12,15-18,20,27H,11H2,1-5H3,(H,24,28)(H,25,29)/t12-,15-,16+,17-,18+,20+/m1/s1. The van der Waals surface area contributed by atoms with Crippen molar-refractivity contribution in [3.63, 3.8) is 0 Å². The van der Waals surface area contributed by atoms with E-state index in [1.54, 1.807) is 14.0 Å². The summed E-state index contributed by atoms with van der Waals surface area (Å²) in [6.45, 7) is 7.20. The smallest absolute Gasteiger partial charge is 0.247 e. The molecule has 1 aliphatic carbocycles. The van der Waals surface area contributed by atoms with E-state index in [0.29, 0.717) is 0 Å². The van der Waals surface area contributed by atoms with Crippen LogP contribution in [0.25, 0.3) is 0 Å². The van der Waals surface area contributed by atoms with E-state index in [-0.39, 0.29) is 30.2 Å². The summed E-state index contributed by atoms with van der Waals surface area (Å²) >= 11 is 0. The van der Waals surface area contributed by atoms with E-state index < -0.39 is 29.8 Å². The molecule has 3 amide bonds. The van der Waals surface area contributed by atoms with Gasteiger partial charge in [0.2, 0.25) is 17.7 Å². The lowest BCUT2D eigenvalue weighted by molar-refractivity contribution is -0.142. The van der Waals surface area contributed by atoms with Gasteiger partial charge in [-0.3, -0.25) is 14.4 Å². The van der Waals surface area contributed by atoms with Gasteiger partial charge in [0.25, 0.3) is 0 Å². The van der Waals surface area contributed by atoms with Gasteiger partial charge in [-0.05, 0) is 37.8 Å². The van der Waals surface area contributed by atoms with Gasteiger partial charge in [-0.25, -0.2) is 0 Å². The number of hydrogen-bond donors (Lipinski definition) is 3. The monoisotopic (exact) mass is 413 g/mol. The molecule has 0 bridgehead atoms. The third kappa shape index (κ3) is 3.62. The molecule has 1 aliphatic heterocycles. The fourth-order valence-electron chi connectivity index (χ4n) is 4.88. The van der Waals surface area contributed by atoms with Crippen LogP contribution in [0.2, 0.25) is 0 Å². The normalized spacial score (nSPS) is 28.8. The van der Waals surface area contributed by atoms with Gasteiger partial charge in [-0.2, -0.15) is 0 Å². The van der Waals surface area contributed by atoms with Crippen LogP contribution in [0, 0.1) is 37.5 Å². The number of aryl methyl sites for hydroxylation is 2. The SMILES string of the molecule is CNC(=O)[C@H]1[C@H]2C(=O)N([C@H](C)CO)[C@H](C(=O)Nc3c(C)cccc3C)[C@H]2C=C[C@H]1C. The lowest BCUT2D eigenvalue weighted by atomic mass is 9.70. The van der Waals surface area contributed by atoms with E-state index in [9.17, 15) is 19.5 Å². The van der Waals surface area contributed by atoms with Crippen LogP contribution in [0.15, 0.2) is 30.4 Å². The van der Waals surface area contributed by atoms with Gasteiger partial charge in [0.1, 0.15) is 6.04 Å². The fourth-order valence-corrected chi connectivity index (χ4v) is 4.88. The Morgan fingerprint density at radius 3 is 2.37 bits per heavy atom. The minimum absolute atomic E-state index is 0.123. The summed E-state index contributed by atoms with van der Waals surface area (Å²) in [5, 5.41) is 15.4. The zero-order valence-electron chi connectivity index (χ0n) is 18.2. The van der Waals surface area contributed by atoms with Crippen LogP contribution < -0.4 is 10.6 Å². The second-order valence-corrected chi connectivity index (χ2v) is 8.47. The minimum atomic E-state index is -0.792. The van der Waals surface area contributed by atoms with Crippen molar-refractivity contribution in [3.05, 3.63) is 41.5 Å². The van der Waals surface area contributed by atoms with Crippen molar-refractivity contribution >= 4 is 23.4 Å². The number of likely N-dealkylation sites (tertiary alicyclic amines) is 1.